The zero-order valence-corrected chi connectivity index (χ0v) is 26.5. The summed E-state index contributed by atoms with van der Waals surface area (Å²) >= 11 is 0. The van der Waals surface area contributed by atoms with Crippen molar-refractivity contribution in [2.45, 2.75) is 0 Å². The first-order valence-electron chi connectivity index (χ1n) is 16.6. The average Bonchev–Trinajstić information content (AvgIpc) is 3.17. The van der Waals surface area contributed by atoms with Gasteiger partial charge in [0.2, 0.25) is 0 Å². The standard InChI is InChI=1S/C48H32/c1-3-14-33(15-4-1)36-20-11-22-39(30-36)47-43-25-9-10-26-44(43)48(40-23-12-21-37(31-40)34-16-5-2-6-17-34)46-32-38(28-29-45(46)47)42-27-13-19-35-18-7-8-24-41(35)42/h1-32H. The van der Waals surface area contributed by atoms with Crippen molar-refractivity contribution in [3.63, 3.8) is 0 Å². The van der Waals surface area contributed by atoms with E-state index in [1.54, 1.807) is 0 Å². The highest BCUT2D eigenvalue weighted by Gasteiger charge is 2.19. The number of fused-ring (bicyclic) bond motifs is 3. The summed E-state index contributed by atoms with van der Waals surface area (Å²) in [7, 11) is 0. The average molecular weight is 609 g/mol. The summed E-state index contributed by atoms with van der Waals surface area (Å²) in [5.41, 5.74) is 12.3. The Kier molecular flexibility index (Phi) is 6.91. The van der Waals surface area contributed by atoms with Gasteiger partial charge in [-0.15, -0.1) is 0 Å². The first-order valence-corrected chi connectivity index (χ1v) is 16.6. The van der Waals surface area contributed by atoms with Crippen LogP contribution in [-0.4, -0.2) is 0 Å². The molecule has 224 valence electrons. The molecule has 0 saturated heterocycles. The normalized spacial score (nSPS) is 11.3. The number of benzene rings is 9. The molecule has 0 aliphatic rings. The van der Waals surface area contributed by atoms with E-state index >= 15 is 0 Å². The van der Waals surface area contributed by atoms with Gasteiger partial charge in [0.1, 0.15) is 0 Å². The summed E-state index contributed by atoms with van der Waals surface area (Å²) in [4.78, 5) is 0. The largest absolute Gasteiger partial charge is 0.0622 e. The van der Waals surface area contributed by atoms with Crippen LogP contribution >= 0.6 is 0 Å². The van der Waals surface area contributed by atoms with Crippen LogP contribution in [0.25, 0.3) is 88.0 Å². The molecule has 0 aromatic heterocycles. The summed E-state index contributed by atoms with van der Waals surface area (Å²) in [6.07, 6.45) is 0. The lowest BCUT2D eigenvalue weighted by Gasteiger charge is -2.20. The molecule has 0 heteroatoms. The number of rotatable bonds is 5. The van der Waals surface area contributed by atoms with E-state index in [1.807, 2.05) is 0 Å². The molecule has 0 aliphatic carbocycles. The minimum Gasteiger partial charge on any atom is -0.0622 e. The highest BCUT2D eigenvalue weighted by atomic mass is 14.2. The molecule has 0 spiro atoms. The van der Waals surface area contributed by atoms with Gasteiger partial charge in [-0.05, 0) is 106 Å². The van der Waals surface area contributed by atoms with Gasteiger partial charge in [0.25, 0.3) is 0 Å². The van der Waals surface area contributed by atoms with Crippen LogP contribution in [0.3, 0.4) is 0 Å². The molecule has 0 amide bonds. The van der Waals surface area contributed by atoms with Gasteiger partial charge in [-0.3, -0.25) is 0 Å². The summed E-state index contributed by atoms with van der Waals surface area (Å²) in [5, 5.41) is 7.54. The third kappa shape index (κ3) is 4.87. The van der Waals surface area contributed by atoms with Gasteiger partial charge in [-0.2, -0.15) is 0 Å². The molecule has 9 rings (SSSR count). The summed E-state index contributed by atoms with van der Waals surface area (Å²) in [6, 6.07) is 70.8. The molecule has 9 aromatic rings. The Bertz CT molecular complexity index is 2590. The quantitative estimate of drug-likeness (QED) is 0.171. The maximum atomic E-state index is 2.43. The van der Waals surface area contributed by atoms with Gasteiger partial charge in [0.05, 0.1) is 0 Å². The van der Waals surface area contributed by atoms with Crippen molar-refractivity contribution in [3.05, 3.63) is 194 Å². The monoisotopic (exact) mass is 608 g/mol. The van der Waals surface area contributed by atoms with Crippen molar-refractivity contribution in [3.8, 4) is 55.6 Å². The Hall–Kier alpha value is -6.24. The van der Waals surface area contributed by atoms with Gasteiger partial charge in [-0.25, -0.2) is 0 Å². The Morgan fingerprint density at radius 2 is 0.646 bits per heavy atom. The molecular weight excluding hydrogens is 577 g/mol. The lowest BCUT2D eigenvalue weighted by atomic mass is 9.83. The fraction of sp³-hybridized carbons (Fsp3) is 0. The van der Waals surface area contributed by atoms with Crippen molar-refractivity contribution < 1.29 is 0 Å². The van der Waals surface area contributed by atoms with E-state index in [0.717, 1.165) is 0 Å². The molecule has 0 nitrogen and oxygen atoms in total. The van der Waals surface area contributed by atoms with E-state index in [9.17, 15) is 0 Å². The van der Waals surface area contributed by atoms with Crippen LogP contribution in [0.2, 0.25) is 0 Å². The second kappa shape index (κ2) is 11.8. The lowest BCUT2D eigenvalue weighted by Crippen LogP contribution is -1.93. The van der Waals surface area contributed by atoms with E-state index in [2.05, 4.69) is 194 Å². The lowest BCUT2D eigenvalue weighted by molar-refractivity contribution is 1.60. The maximum Gasteiger partial charge on any atom is -0.00259 e. The highest BCUT2D eigenvalue weighted by Crippen LogP contribution is 2.46. The third-order valence-electron chi connectivity index (χ3n) is 9.64. The van der Waals surface area contributed by atoms with Crippen LogP contribution in [0.15, 0.2) is 194 Å². The first kappa shape index (κ1) is 28.0. The zero-order valence-electron chi connectivity index (χ0n) is 26.5. The maximum absolute atomic E-state index is 2.43. The van der Waals surface area contributed by atoms with Crippen LogP contribution in [0.5, 0.6) is 0 Å². The van der Waals surface area contributed by atoms with Crippen LogP contribution in [0, 0.1) is 0 Å². The first-order chi connectivity index (χ1) is 23.8. The van der Waals surface area contributed by atoms with Crippen LogP contribution < -0.4 is 0 Å². The van der Waals surface area contributed by atoms with Crippen molar-refractivity contribution in [1.29, 1.82) is 0 Å². The number of hydrogen-bond donors (Lipinski definition) is 0. The second-order valence-electron chi connectivity index (χ2n) is 12.5. The van der Waals surface area contributed by atoms with Crippen molar-refractivity contribution in [2.24, 2.45) is 0 Å². The van der Waals surface area contributed by atoms with Gasteiger partial charge >= 0.3 is 0 Å². The van der Waals surface area contributed by atoms with Crippen molar-refractivity contribution in [2.75, 3.05) is 0 Å². The minimum absolute atomic E-state index is 1.22. The molecule has 48 heavy (non-hydrogen) atoms. The molecular formula is C48H32. The SMILES string of the molecule is c1ccc(-c2cccc(-c3c4ccccc4c(-c4cccc(-c5ccccc5)c4)c4cc(-c5cccc6ccccc56)ccc34)c2)cc1. The van der Waals surface area contributed by atoms with Gasteiger partial charge in [0, 0.05) is 0 Å². The molecule has 0 atom stereocenters. The summed E-state index contributed by atoms with van der Waals surface area (Å²) in [6.45, 7) is 0. The Morgan fingerprint density at radius 1 is 0.208 bits per heavy atom. The predicted octanol–water partition coefficient (Wildman–Crippen LogP) is 13.5. The molecule has 0 aliphatic heterocycles. The van der Waals surface area contributed by atoms with Gasteiger partial charge < -0.3 is 0 Å². The number of hydrogen-bond acceptors (Lipinski definition) is 0. The fourth-order valence-corrected chi connectivity index (χ4v) is 7.41. The molecule has 0 unspecified atom stereocenters. The fourth-order valence-electron chi connectivity index (χ4n) is 7.41. The Morgan fingerprint density at radius 3 is 1.27 bits per heavy atom. The molecule has 0 fully saturated rings. The summed E-state index contributed by atoms with van der Waals surface area (Å²) in [5.74, 6) is 0. The van der Waals surface area contributed by atoms with E-state index in [4.69, 9.17) is 0 Å². The van der Waals surface area contributed by atoms with E-state index in [0.29, 0.717) is 0 Å². The van der Waals surface area contributed by atoms with Gasteiger partial charge in [-0.1, -0.05) is 176 Å². The Labute approximate surface area is 281 Å². The molecule has 0 saturated carbocycles. The molecule has 9 aromatic carbocycles. The molecule has 0 bridgehead atoms. The van der Waals surface area contributed by atoms with Crippen molar-refractivity contribution in [1.82, 2.24) is 0 Å². The topological polar surface area (TPSA) is 0 Å². The van der Waals surface area contributed by atoms with Gasteiger partial charge in [0.15, 0.2) is 0 Å². The van der Waals surface area contributed by atoms with E-state index in [1.165, 1.54) is 88.0 Å². The third-order valence-corrected chi connectivity index (χ3v) is 9.64. The highest BCUT2D eigenvalue weighted by molar-refractivity contribution is 6.22. The second-order valence-corrected chi connectivity index (χ2v) is 12.5. The molecule has 0 radical (unpaired) electrons. The zero-order chi connectivity index (χ0) is 31.9. The van der Waals surface area contributed by atoms with Crippen molar-refractivity contribution >= 4 is 32.3 Å². The van der Waals surface area contributed by atoms with E-state index in [-0.39, 0.29) is 0 Å². The Balaban J connectivity index is 1.37. The molecule has 0 N–H and O–H groups in total. The smallest absolute Gasteiger partial charge is 0.00259 e. The van der Waals surface area contributed by atoms with Crippen LogP contribution in [-0.2, 0) is 0 Å². The van der Waals surface area contributed by atoms with E-state index < -0.39 is 0 Å². The minimum atomic E-state index is 1.22. The predicted molar refractivity (Wildman–Crippen MR) is 206 cm³/mol. The molecule has 0 heterocycles. The van der Waals surface area contributed by atoms with Crippen LogP contribution in [0.4, 0.5) is 0 Å². The van der Waals surface area contributed by atoms with Crippen LogP contribution in [0.1, 0.15) is 0 Å². The summed E-state index contributed by atoms with van der Waals surface area (Å²) < 4.78 is 0.